The minimum absolute atomic E-state index is 0.0879. The quantitative estimate of drug-likeness (QED) is 0.695. The molecule has 0 amide bonds. The zero-order valence-corrected chi connectivity index (χ0v) is 9.60. The summed E-state index contributed by atoms with van der Waals surface area (Å²) in [6.07, 6.45) is -3.96. The molecule has 2 heterocycles. The lowest BCUT2D eigenvalue weighted by molar-refractivity contribution is -0.175. The molecule has 3 rings (SSSR count). The van der Waals surface area contributed by atoms with Crippen LogP contribution in [0.25, 0.3) is 0 Å². The summed E-state index contributed by atoms with van der Waals surface area (Å²) >= 11 is 0. The minimum Gasteiger partial charge on any atom is -0.456 e. The molecule has 0 spiro atoms. The molecule has 0 aromatic heterocycles. The normalized spacial score (nSPS) is 39.2. The van der Waals surface area contributed by atoms with E-state index in [4.69, 9.17) is 9.47 Å². The van der Waals surface area contributed by atoms with Crippen LogP contribution >= 0.6 is 0 Å². The maximum Gasteiger partial charge on any atom is 0.308 e. The van der Waals surface area contributed by atoms with E-state index in [1.807, 2.05) is 30.3 Å². The summed E-state index contributed by atoms with van der Waals surface area (Å²) in [6, 6.07) is 9.22. The molecule has 2 fully saturated rings. The molecule has 0 radical (unpaired) electrons. The SMILES string of the molecule is O=C1C[C@@H](O)[C@@H]2O[C@H](c3ccccc3)[C@@H](O)[C@@H]2O1. The molecule has 0 bridgehead atoms. The van der Waals surface area contributed by atoms with Gasteiger partial charge in [-0.3, -0.25) is 4.79 Å². The number of benzene rings is 1. The summed E-state index contributed by atoms with van der Waals surface area (Å²) in [5.41, 5.74) is 0.808. The Bertz CT molecular complexity index is 446. The van der Waals surface area contributed by atoms with Crippen LogP contribution in [0.3, 0.4) is 0 Å². The molecule has 2 aliphatic heterocycles. The van der Waals surface area contributed by atoms with E-state index in [1.165, 1.54) is 0 Å². The molecule has 5 atom stereocenters. The molecule has 96 valence electrons. The van der Waals surface area contributed by atoms with E-state index >= 15 is 0 Å². The average Bonchev–Trinajstić information content (AvgIpc) is 2.69. The number of fused-ring (bicyclic) bond motifs is 1. The third-order valence-corrected chi connectivity index (χ3v) is 3.43. The van der Waals surface area contributed by atoms with Crippen molar-refractivity contribution in [3.8, 4) is 0 Å². The van der Waals surface area contributed by atoms with E-state index in [1.54, 1.807) is 0 Å². The van der Waals surface area contributed by atoms with Crippen molar-refractivity contribution in [2.75, 3.05) is 0 Å². The van der Waals surface area contributed by atoms with Gasteiger partial charge in [0.2, 0.25) is 0 Å². The van der Waals surface area contributed by atoms with Crippen LogP contribution in [-0.2, 0) is 14.3 Å². The van der Waals surface area contributed by atoms with Gasteiger partial charge in [-0.15, -0.1) is 0 Å². The summed E-state index contributed by atoms with van der Waals surface area (Å²) in [5.74, 6) is -0.500. The second-order valence-electron chi connectivity index (χ2n) is 4.65. The average molecular weight is 250 g/mol. The van der Waals surface area contributed by atoms with Crippen LogP contribution in [0.15, 0.2) is 30.3 Å². The van der Waals surface area contributed by atoms with E-state index in [0.29, 0.717) is 0 Å². The lowest BCUT2D eigenvalue weighted by Crippen LogP contribution is -2.47. The number of aliphatic hydroxyl groups excluding tert-OH is 2. The predicted octanol–water partition coefficient (Wildman–Crippen LogP) is 0.164. The van der Waals surface area contributed by atoms with Crippen molar-refractivity contribution in [1.29, 1.82) is 0 Å². The number of hydrogen-bond donors (Lipinski definition) is 2. The van der Waals surface area contributed by atoms with Crippen molar-refractivity contribution in [3.05, 3.63) is 35.9 Å². The molecular weight excluding hydrogens is 236 g/mol. The number of aliphatic hydroxyl groups is 2. The Morgan fingerprint density at radius 1 is 1.11 bits per heavy atom. The van der Waals surface area contributed by atoms with Gasteiger partial charge in [0.1, 0.15) is 18.3 Å². The van der Waals surface area contributed by atoms with Crippen LogP contribution < -0.4 is 0 Å². The van der Waals surface area contributed by atoms with Crippen LogP contribution in [0.2, 0.25) is 0 Å². The van der Waals surface area contributed by atoms with Crippen LogP contribution in [0.1, 0.15) is 18.1 Å². The fraction of sp³-hybridized carbons (Fsp3) is 0.462. The van der Waals surface area contributed by atoms with Gasteiger partial charge >= 0.3 is 5.97 Å². The fourth-order valence-electron chi connectivity index (χ4n) is 2.55. The monoisotopic (exact) mass is 250 g/mol. The van der Waals surface area contributed by atoms with Crippen LogP contribution in [0.4, 0.5) is 0 Å². The minimum atomic E-state index is -0.948. The van der Waals surface area contributed by atoms with Crippen LogP contribution in [-0.4, -0.2) is 40.6 Å². The Labute approximate surface area is 104 Å². The second kappa shape index (κ2) is 4.35. The van der Waals surface area contributed by atoms with Gasteiger partial charge in [0.25, 0.3) is 0 Å². The first-order chi connectivity index (χ1) is 8.66. The number of hydrogen-bond acceptors (Lipinski definition) is 5. The van der Waals surface area contributed by atoms with Gasteiger partial charge in [-0.1, -0.05) is 30.3 Å². The first-order valence-corrected chi connectivity index (χ1v) is 5.93. The van der Waals surface area contributed by atoms with E-state index in [-0.39, 0.29) is 6.42 Å². The van der Waals surface area contributed by atoms with Crippen molar-refractivity contribution in [2.45, 2.75) is 36.9 Å². The first kappa shape index (κ1) is 11.6. The second-order valence-corrected chi connectivity index (χ2v) is 4.65. The highest BCUT2D eigenvalue weighted by atomic mass is 16.6. The molecule has 18 heavy (non-hydrogen) atoms. The smallest absolute Gasteiger partial charge is 0.308 e. The molecular formula is C13H14O5. The molecule has 1 aromatic carbocycles. The standard InChI is InChI=1S/C13H14O5/c14-8-6-9(15)17-13-10(16)11(18-12(8)13)7-4-2-1-3-5-7/h1-5,8,10-14,16H,6H2/t8-,10-,11-,12+,13+/m1/s1. The highest BCUT2D eigenvalue weighted by Gasteiger charge is 2.52. The molecule has 0 unspecified atom stereocenters. The molecule has 2 saturated heterocycles. The third-order valence-electron chi connectivity index (χ3n) is 3.43. The Hall–Kier alpha value is -1.43. The van der Waals surface area contributed by atoms with Gasteiger partial charge in [0, 0.05) is 0 Å². The van der Waals surface area contributed by atoms with Gasteiger partial charge < -0.3 is 19.7 Å². The third kappa shape index (κ3) is 1.80. The van der Waals surface area contributed by atoms with Crippen LogP contribution in [0, 0.1) is 0 Å². The molecule has 2 N–H and O–H groups in total. The molecule has 5 heteroatoms. The Morgan fingerprint density at radius 2 is 1.83 bits per heavy atom. The number of carbonyl (C=O) groups excluding carboxylic acids is 1. The zero-order chi connectivity index (χ0) is 12.7. The zero-order valence-electron chi connectivity index (χ0n) is 9.60. The van der Waals surface area contributed by atoms with Gasteiger partial charge in [-0.2, -0.15) is 0 Å². The van der Waals surface area contributed by atoms with Gasteiger partial charge in [0.05, 0.1) is 12.5 Å². The predicted molar refractivity (Wildman–Crippen MR) is 60.6 cm³/mol. The van der Waals surface area contributed by atoms with E-state index in [9.17, 15) is 15.0 Å². The number of carbonyl (C=O) groups is 1. The lowest BCUT2D eigenvalue weighted by Gasteiger charge is -2.29. The molecule has 1 aromatic rings. The van der Waals surface area contributed by atoms with E-state index in [2.05, 4.69) is 0 Å². The maximum atomic E-state index is 11.3. The molecule has 5 nitrogen and oxygen atoms in total. The first-order valence-electron chi connectivity index (χ1n) is 5.93. The van der Waals surface area contributed by atoms with E-state index in [0.717, 1.165) is 5.56 Å². The van der Waals surface area contributed by atoms with Gasteiger partial charge in [-0.05, 0) is 5.56 Å². The molecule has 0 aliphatic carbocycles. The highest BCUT2D eigenvalue weighted by Crippen LogP contribution is 2.39. The summed E-state index contributed by atoms with van der Waals surface area (Å²) < 4.78 is 10.7. The van der Waals surface area contributed by atoms with Crippen molar-refractivity contribution in [2.24, 2.45) is 0 Å². The number of ether oxygens (including phenoxy) is 2. The topological polar surface area (TPSA) is 76.0 Å². The largest absolute Gasteiger partial charge is 0.456 e. The van der Waals surface area contributed by atoms with Crippen molar-refractivity contribution in [3.63, 3.8) is 0 Å². The highest BCUT2D eigenvalue weighted by molar-refractivity contribution is 5.71. The lowest BCUT2D eigenvalue weighted by atomic mass is 9.97. The van der Waals surface area contributed by atoms with Crippen molar-refractivity contribution < 1.29 is 24.5 Å². The van der Waals surface area contributed by atoms with Crippen molar-refractivity contribution >= 4 is 5.97 Å². The Morgan fingerprint density at radius 3 is 2.56 bits per heavy atom. The molecule has 0 saturated carbocycles. The number of esters is 1. The molecule has 2 aliphatic rings. The van der Waals surface area contributed by atoms with E-state index < -0.39 is 36.5 Å². The fourth-order valence-corrected chi connectivity index (χ4v) is 2.55. The summed E-state index contributed by atoms with van der Waals surface area (Å²) in [4.78, 5) is 11.3. The summed E-state index contributed by atoms with van der Waals surface area (Å²) in [7, 11) is 0. The summed E-state index contributed by atoms with van der Waals surface area (Å²) in [5, 5.41) is 20.0. The maximum absolute atomic E-state index is 11.3. The summed E-state index contributed by atoms with van der Waals surface area (Å²) in [6.45, 7) is 0. The Kier molecular flexibility index (Phi) is 2.81. The van der Waals surface area contributed by atoms with Gasteiger partial charge in [0.15, 0.2) is 6.10 Å². The number of rotatable bonds is 1. The van der Waals surface area contributed by atoms with Gasteiger partial charge in [-0.25, -0.2) is 0 Å². The Balaban J connectivity index is 1.86. The van der Waals surface area contributed by atoms with Crippen molar-refractivity contribution in [1.82, 2.24) is 0 Å². The van der Waals surface area contributed by atoms with Crippen LogP contribution in [0.5, 0.6) is 0 Å².